The Morgan fingerprint density at radius 2 is 0.625 bits per heavy atom. The number of hydrogen-bond donors (Lipinski definition) is 0. The largest absolute Gasteiger partial charge is 0.497 e. The molecule has 0 spiro atoms. The molecule has 458 valence electrons. The number of hydrogen-bond acceptors (Lipinski definition) is 8. The summed E-state index contributed by atoms with van der Waals surface area (Å²) in [6, 6.07) is 44.4. The van der Waals surface area contributed by atoms with Crippen LogP contribution in [0.5, 0.6) is 23.0 Å². The minimum atomic E-state index is -1.76. The molecule has 88 heavy (non-hydrogen) atoms. The van der Waals surface area contributed by atoms with Crippen LogP contribution in [0.3, 0.4) is 0 Å². The Labute approximate surface area is 523 Å². The fourth-order valence-electron chi connectivity index (χ4n) is 13.7. The van der Waals surface area contributed by atoms with Crippen molar-refractivity contribution in [3.8, 4) is 56.4 Å². The first kappa shape index (κ1) is 61.0. The zero-order valence-corrected chi connectivity index (χ0v) is 56.6. The highest BCUT2D eigenvalue weighted by Crippen LogP contribution is 2.55. The standard InChI is InChI=1S/C78H88O8P2/c1-75(2,3)65-41-51(79-13)37-59-60-38-52(80-14)42-66(76(4,5)6)72(60)84-87(83-71(59)65)45-63-57(47-27-19-17-20-28-47)35-49-31-23-25-33-55(49)69(63)70-56-34-26-24-32-50(56)36-58(48-29-21-18-22-30-48)64(70)46-88-85-73-61(39-53(81-15)43-67(73)77(7,8)9)62-40-54(82-16)44-68(74(62)86-88)78(10,11)12/h17-22,27-30,35-44H,23-26,31-34,45-46H2,1-16H3. The molecule has 2 aliphatic carbocycles. The smallest absolute Gasteiger partial charge is 0.221 e. The fraction of sp³-hybridized carbons (Fsp3) is 0.385. The predicted octanol–water partition coefficient (Wildman–Crippen LogP) is 23.0. The van der Waals surface area contributed by atoms with Gasteiger partial charge in [-0.1, -0.05) is 156 Å². The van der Waals surface area contributed by atoms with Gasteiger partial charge in [0.05, 0.1) is 40.8 Å². The Bertz CT molecular complexity index is 3960. The molecule has 0 aliphatic heterocycles. The van der Waals surface area contributed by atoms with Crippen LogP contribution in [0.15, 0.2) is 138 Å². The van der Waals surface area contributed by atoms with Crippen molar-refractivity contribution >= 4 is 59.9 Å². The quantitative estimate of drug-likeness (QED) is 0.127. The zero-order valence-electron chi connectivity index (χ0n) is 54.8. The van der Waals surface area contributed by atoms with Crippen LogP contribution in [0, 0.1) is 0 Å². The van der Waals surface area contributed by atoms with Crippen LogP contribution < -0.4 is 18.9 Å². The molecule has 0 unspecified atom stereocenters. The number of fused-ring (bicyclic) bond motifs is 8. The van der Waals surface area contributed by atoms with Gasteiger partial charge < -0.3 is 35.7 Å². The summed E-state index contributed by atoms with van der Waals surface area (Å²) >= 11 is 0. The molecule has 8 aromatic carbocycles. The highest BCUT2D eigenvalue weighted by molar-refractivity contribution is 7.36. The first-order valence-electron chi connectivity index (χ1n) is 31.6. The summed E-state index contributed by atoms with van der Waals surface area (Å²) in [7, 11) is 3.47. The van der Waals surface area contributed by atoms with Crippen molar-refractivity contribution in [3.05, 3.63) is 177 Å². The lowest BCUT2D eigenvalue weighted by atomic mass is 9.74. The van der Waals surface area contributed by atoms with E-state index in [2.05, 4.69) is 204 Å². The van der Waals surface area contributed by atoms with E-state index in [1.54, 1.807) is 28.4 Å². The molecule has 8 nitrogen and oxygen atoms in total. The predicted molar refractivity (Wildman–Crippen MR) is 368 cm³/mol. The van der Waals surface area contributed by atoms with Gasteiger partial charge in [0.25, 0.3) is 0 Å². The highest BCUT2D eigenvalue weighted by Gasteiger charge is 2.34. The lowest BCUT2D eigenvalue weighted by molar-refractivity contribution is 0.413. The third kappa shape index (κ3) is 11.6. The van der Waals surface area contributed by atoms with Crippen LogP contribution in [0.4, 0.5) is 0 Å². The SMILES string of the molecule is COc1cc(C(C)(C)C)c2op(Cc3c(-c4ccccc4)cc4c(c3-c3c5c(cc(-c6ccccc6)c3Cp3oc6c(C(C)(C)C)cc(OC)cc6c6cc(OC)cc(C(C)(C)C)c6o3)CCCC5)CCCC4)oc3c(C(C)(C)C)cc(OC)cc3c2c1. The van der Waals surface area contributed by atoms with Crippen LogP contribution >= 0.6 is 16.0 Å². The molecule has 12 rings (SSSR count). The van der Waals surface area contributed by atoms with E-state index in [1.165, 1.54) is 66.8 Å². The van der Waals surface area contributed by atoms with Gasteiger partial charge in [-0.25, -0.2) is 0 Å². The molecule has 0 amide bonds. The van der Waals surface area contributed by atoms with Gasteiger partial charge in [-0.05, 0) is 188 Å². The van der Waals surface area contributed by atoms with E-state index in [-0.39, 0.29) is 21.7 Å². The number of methoxy groups -OCH3 is 4. The van der Waals surface area contributed by atoms with E-state index in [0.717, 1.165) is 140 Å². The average molecular weight is 1220 g/mol. The van der Waals surface area contributed by atoms with Gasteiger partial charge in [-0.15, -0.1) is 0 Å². The maximum Gasteiger partial charge on any atom is 0.221 e. The second-order valence-electron chi connectivity index (χ2n) is 28.5. The molecule has 2 aliphatic rings. The monoisotopic (exact) mass is 1210 g/mol. The van der Waals surface area contributed by atoms with Crippen LogP contribution in [-0.4, -0.2) is 28.4 Å². The van der Waals surface area contributed by atoms with Crippen molar-refractivity contribution in [1.82, 2.24) is 0 Å². The van der Waals surface area contributed by atoms with Gasteiger partial charge in [0.1, 0.15) is 45.3 Å². The molecular formula is C78H88O8P2. The molecule has 10 heteroatoms. The van der Waals surface area contributed by atoms with E-state index in [9.17, 15) is 0 Å². The molecular weight excluding hydrogens is 1130 g/mol. The summed E-state index contributed by atoms with van der Waals surface area (Å²) in [5.41, 5.74) is 21.9. The summed E-state index contributed by atoms with van der Waals surface area (Å²) in [6.07, 6.45) is 9.39. The second kappa shape index (κ2) is 23.6. The summed E-state index contributed by atoms with van der Waals surface area (Å²) < 4.78 is 55.8. The first-order chi connectivity index (χ1) is 41.9. The number of ether oxygens (including phenoxy) is 4. The van der Waals surface area contributed by atoms with Gasteiger partial charge in [0, 0.05) is 43.8 Å². The molecule has 0 fully saturated rings. The van der Waals surface area contributed by atoms with Crippen LogP contribution in [0.1, 0.15) is 164 Å². The molecule has 2 aromatic heterocycles. The maximum absolute atomic E-state index is 7.81. The molecule has 10 aromatic rings. The van der Waals surface area contributed by atoms with Crippen molar-refractivity contribution in [2.45, 2.75) is 168 Å². The Morgan fingerprint density at radius 1 is 0.352 bits per heavy atom. The number of aryl methyl sites for hydroxylation is 2. The Kier molecular flexibility index (Phi) is 16.4. The number of rotatable bonds is 11. The molecule has 0 radical (unpaired) electrons. The maximum atomic E-state index is 7.81. The summed E-state index contributed by atoms with van der Waals surface area (Å²) in [5, 5.41) is 3.74. The lowest BCUT2D eigenvalue weighted by Crippen LogP contribution is -2.14. The normalized spacial score (nSPS) is 13.9. The Balaban J connectivity index is 1.26. The number of benzene rings is 8. The van der Waals surface area contributed by atoms with Gasteiger partial charge >= 0.3 is 0 Å². The second-order valence-corrected chi connectivity index (χ2v) is 31.2. The van der Waals surface area contributed by atoms with Crippen LogP contribution in [-0.2, 0) is 59.7 Å². The molecule has 0 atom stereocenters. The van der Waals surface area contributed by atoms with Gasteiger partial charge in [-0.2, -0.15) is 0 Å². The average Bonchev–Trinajstić information content (AvgIpc) is 1.20. The molecule has 0 N–H and O–H groups in total. The van der Waals surface area contributed by atoms with E-state index >= 15 is 0 Å². The van der Waals surface area contributed by atoms with Crippen molar-refractivity contribution in [1.29, 1.82) is 0 Å². The molecule has 2 heterocycles. The van der Waals surface area contributed by atoms with E-state index in [0.29, 0.717) is 12.3 Å². The first-order valence-corrected chi connectivity index (χ1v) is 34.3. The van der Waals surface area contributed by atoms with Gasteiger partial charge in [0.15, 0.2) is 0 Å². The minimum absolute atomic E-state index is 0.321. The highest BCUT2D eigenvalue weighted by atomic mass is 31.1. The zero-order chi connectivity index (χ0) is 62.2. The van der Waals surface area contributed by atoms with Crippen LogP contribution in [0.25, 0.3) is 77.3 Å². The third-order valence-electron chi connectivity index (χ3n) is 18.3. The third-order valence-corrected chi connectivity index (χ3v) is 21.0. The van der Waals surface area contributed by atoms with E-state index < -0.39 is 16.0 Å². The fourth-order valence-corrected chi connectivity index (χ4v) is 16.8. The lowest BCUT2D eigenvalue weighted by Gasteiger charge is -2.31. The Hall–Kier alpha value is -7.24. The van der Waals surface area contributed by atoms with Crippen molar-refractivity contribution in [3.63, 3.8) is 0 Å². The minimum Gasteiger partial charge on any atom is -0.497 e. The van der Waals surface area contributed by atoms with E-state index in [1.807, 2.05) is 0 Å². The molecule has 0 saturated heterocycles. The molecule has 0 bridgehead atoms. The van der Waals surface area contributed by atoms with E-state index in [4.69, 9.17) is 35.7 Å². The van der Waals surface area contributed by atoms with Gasteiger partial charge in [0.2, 0.25) is 16.0 Å². The summed E-state index contributed by atoms with van der Waals surface area (Å²) in [5.74, 6) is 3.06. The summed E-state index contributed by atoms with van der Waals surface area (Å²) in [6.45, 7) is 27.1. The van der Waals surface area contributed by atoms with Crippen molar-refractivity contribution < 1.29 is 35.7 Å². The molecule has 0 saturated carbocycles. The summed E-state index contributed by atoms with van der Waals surface area (Å²) in [4.78, 5) is 0. The topological polar surface area (TPSA) is 89.5 Å². The van der Waals surface area contributed by atoms with Crippen molar-refractivity contribution in [2.75, 3.05) is 28.4 Å². The van der Waals surface area contributed by atoms with Gasteiger partial charge in [-0.3, -0.25) is 0 Å². The Morgan fingerprint density at radius 3 is 0.886 bits per heavy atom. The van der Waals surface area contributed by atoms with Crippen LogP contribution in [0.2, 0.25) is 0 Å². The van der Waals surface area contributed by atoms with Crippen molar-refractivity contribution in [2.24, 2.45) is 0 Å².